The fourth-order valence-electron chi connectivity index (χ4n) is 2.85. The number of aliphatic hydroxyl groups is 1. The molecular weight excluding hydrogens is 264 g/mol. The van der Waals surface area contributed by atoms with Gasteiger partial charge in [-0.3, -0.25) is 4.90 Å². The maximum absolute atomic E-state index is 8.99. The number of nitrogens with zero attached hydrogens (tertiary/aromatic N) is 1. The Bertz CT molecular complexity index is 399. The van der Waals surface area contributed by atoms with Gasteiger partial charge in [0.05, 0.1) is 12.7 Å². The summed E-state index contributed by atoms with van der Waals surface area (Å²) in [5.74, 6) is 0. The van der Waals surface area contributed by atoms with Crippen molar-refractivity contribution < 1.29 is 9.84 Å². The Morgan fingerprint density at radius 2 is 2.10 bits per heavy atom. The molecule has 4 heteroatoms. The third-order valence-corrected chi connectivity index (χ3v) is 4.09. The Hall–Kier alpha value is -0.940. The summed E-state index contributed by atoms with van der Waals surface area (Å²) in [6.45, 7) is 8.23. The zero-order valence-corrected chi connectivity index (χ0v) is 13.2. The van der Waals surface area contributed by atoms with Gasteiger partial charge in [0.1, 0.15) is 0 Å². The van der Waals surface area contributed by atoms with Crippen LogP contribution in [0.5, 0.6) is 0 Å². The summed E-state index contributed by atoms with van der Waals surface area (Å²) in [5, 5.41) is 12.5. The summed E-state index contributed by atoms with van der Waals surface area (Å²) in [4.78, 5) is 2.46. The van der Waals surface area contributed by atoms with Crippen LogP contribution >= 0.6 is 0 Å². The molecule has 1 aliphatic heterocycles. The fourth-order valence-corrected chi connectivity index (χ4v) is 2.85. The molecule has 2 rings (SSSR count). The Morgan fingerprint density at radius 3 is 2.81 bits per heavy atom. The number of hydrogen-bond donors (Lipinski definition) is 2. The van der Waals surface area contributed by atoms with Gasteiger partial charge in [-0.15, -0.1) is 0 Å². The molecule has 0 bridgehead atoms. The number of nitrogens with one attached hydrogen (secondary N) is 1. The molecule has 3 atom stereocenters. The van der Waals surface area contributed by atoms with Crippen LogP contribution in [-0.2, 0) is 11.3 Å². The standard InChI is InChI=1S/C17H28N2O2/c1-14(8-10-20)18-15(2)17-13-19(9-11-21-17)12-16-6-4-3-5-7-16/h3-7,14-15,17-18,20H,8-13H2,1-2H3/t14-,15?,17?/m1/s1. The first-order valence-electron chi connectivity index (χ1n) is 7.94. The summed E-state index contributed by atoms with van der Waals surface area (Å²) >= 11 is 0. The molecule has 0 aromatic heterocycles. The molecule has 0 aliphatic carbocycles. The Balaban J connectivity index is 1.82. The van der Waals surface area contributed by atoms with E-state index < -0.39 is 0 Å². The van der Waals surface area contributed by atoms with E-state index in [1.54, 1.807) is 0 Å². The van der Waals surface area contributed by atoms with Crippen LogP contribution in [-0.4, -0.2) is 54.5 Å². The Kier molecular flexibility index (Phi) is 6.64. The summed E-state index contributed by atoms with van der Waals surface area (Å²) in [6.07, 6.45) is 0.994. The minimum atomic E-state index is 0.212. The number of benzene rings is 1. The predicted molar refractivity (Wildman–Crippen MR) is 85.2 cm³/mol. The smallest absolute Gasteiger partial charge is 0.0852 e. The first kappa shape index (κ1) is 16.4. The number of rotatable bonds is 7. The number of morpholine rings is 1. The molecule has 1 aromatic rings. The Labute approximate surface area is 128 Å². The van der Waals surface area contributed by atoms with Gasteiger partial charge in [0.15, 0.2) is 0 Å². The van der Waals surface area contributed by atoms with Gasteiger partial charge in [0.2, 0.25) is 0 Å². The fraction of sp³-hybridized carbons (Fsp3) is 0.647. The topological polar surface area (TPSA) is 44.7 Å². The predicted octanol–water partition coefficient (Wildman–Crippen LogP) is 1.64. The van der Waals surface area contributed by atoms with Crippen LogP contribution in [0.15, 0.2) is 30.3 Å². The summed E-state index contributed by atoms with van der Waals surface area (Å²) in [7, 11) is 0. The molecule has 1 saturated heterocycles. The molecule has 4 nitrogen and oxygen atoms in total. The van der Waals surface area contributed by atoms with Crippen molar-refractivity contribution in [2.75, 3.05) is 26.3 Å². The van der Waals surface area contributed by atoms with E-state index in [1.165, 1.54) is 5.56 Å². The van der Waals surface area contributed by atoms with Gasteiger partial charge in [-0.1, -0.05) is 30.3 Å². The van der Waals surface area contributed by atoms with Crippen molar-refractivity contribution in [1.29, 1.82) is 0 Å². The van der Waals surface area contributed by atoms with E-state index in [2.05, 4.69) is 54.4 Å². The number of ether oxygens (including phenoxy) is 1. The second kappa shape index (κ2) is 8.49. The highest BCUT2D eigenvalue weighted by atomic mass is 16.5. The molecule has 1 aliphatic rings. The first-order chi connectivity index (χ1) is 10.2. The second-order valence-electron chi connectivity index (χ2n) is 6.00. The van der Waals surface area contributed by atoms with Crippen LogP contribution in [0.1, 0.15) is 25.8 Å². The molecule has 1 heterocycles. The van der Waals surface area contributed by atoms with Crippen LogP contribution in [0, 0.1) is 0 Å². The molecule has 1 fully saturated rings. The third-order valence-electron chi connectivity index (χ3n) is 4.09. The second-order valence-corrected chi connectivity index (χ2v) is 6.00. The SMILES string of the molecule is CC(N[C@H](C)CCO)C1CN(Cc2ccccc2)CCO1. The van der Waals surface area contributed by atoms with Crippen LogP contribution in [0.25, 0.3) is 0 Å². The highest BCUT2D eigenvalue weighted by molar-refractivity contribution is 5.14. The zero-order chi connectivity index (χ0) is 15.1. The molecule has 21 heavy (non-hydrogen) atoms. The van der Waals surface area contributed by atoms with Crippen LogP contribution in [0.4, 0.5) is 0 Å². The van der Waals surface area contributed by atoms with Crippen molar-refractivity contribution in [1.82, 2.24) is 10.2 Å². The largest absolute Gasteiger partial charge is 0.396 e. The van der Waals surface area contributed by atoms with E-state index in [1.807, 2.05) is 0 Å². The van der Waals surface area contributed by atoms with Crippen molar-refractivity contribution >= 4 is 0 Å². The minimum absolute atomic E-state index is 0.212. The van der Waals surface area contributed by atoms with Gasteiger partial charge in [-0.25, -0.2) is 0 Å². The lowest BCUT2D eigenvalue weighted by molar-refractivity contribution is -0.0477. The lowest BCUT2D eigenvalue weighted by Crippen LogP contribution is -2.52. The molecular formula is C17H28N2O2. The molecule has 118 valence electrons. The molecule has 0 saturated carbocycles. The van der Waals surface area contributed by atoms with Crippen molar-refractivity contribution in [3.8, 4) is 0 Å². The average Bonchev–Trinajstić information content (AvgIpc) is 2.49. The normalized spacial score (nSPS) is 22.9. The van der Waals surface area contributed by atoms with Crippen LogP contribution in [0.3, 0.4) is 0 Å². The quantitative estimate of drug-likeness (QED) is 0.802. The van der Waals surface area contributed by atoms with Gasteiger partial charge in [-0.05, 0) is 25.8 Å². The van der Waals surface area contributed by atoms with Crippen LogP contribution < -0.4 is 5.32 Å². The highest BCUT2D eigenvalue weighted by Gasteiger charge is 2.26. The summed E-state index contributed by atoms with van der Waals surface area (Å²) in [5.41, 5.74) is 1.35. The van der Waals surface area contributed by atoms with Gasteiger partial charge in [-0.2, -0.15) is 0 Å². The van der Waals surface area contributed by atoms with E-state index in [9.17, 15) is 0 Å². The molecule has 2 N–H and O–H groups in total. The maximum atomic E-state index is 8.99. The Morgan fingerprint density at radius 1 is 1.33 bits per heavy atom. The highest BCUT2D eigenvalue weighted by Crippen LogP contribution is 2.13. The lowest BCUT2D eigenvalue weighted by Gasteiger charge is -2.37. The summed E-state index contributed by atoms with van der Waals surface area (Å²) in [6, 6.07) is 11.2. The van der Waals surface area contributed by atoms with Crippen molar-refractivity contribution in [2.24, 2.45) is 0 Å². The maximum Gasteiger partial charge on any atom is 0.0852 e. The van der Waals surface area contributed by atoms with Crippen molar-refractivity contribution in [3.05, 3.63) is 35.9 Å². The zero-order valence-electron chi connectivity index (χ0n) is 13.2. The average molecular weight is 292 g/mol. The lowest BCUT2D eigenvalue weighted by atomic mass is 10.1. The first-order valence-corrected chi connectivity index (χ1v) is 7.94. The van der Waals surface area contributed by atoms with Gasteiger partial charge < -0.3 is 15.2 Å². The minimum Gasteiger partial charge on any atom is -0.396 e. The van der Waals surface area contributed by atoms with E-state index >= 15 is 0 Å². The van der Waals surface area contributed by atoms with E-state index in [0.717, 1.165) is 32.7 Å². The number of hydrogen-bond acceptors (Lipinski definition) is 4. The molecule has 0 spiro atoms. The molecule has 1 aromatic carbocycles. The molecule has 2 unspecified atom stereocenters. The van der Waals surface area contributed by atoms with Crippen LogP contribution in [0.2, 0.25) is 0 Å². The van der Waals surface area contributed by atoms with Gasteiger partial charge >= 0.3 is 0 Å². The van der Waals surface area contributed by atoms with Gasteiger partial charge in [0.25, 0.3) is 0 Å². The number of aliphatic hydroxyl groups excluding tert-OH is 1. The molecule has 0 radical (unpaired) electrons. The van der Waals surface area contributed by atoms with E-state index in [4.69, 9.17) is 9.84 Å². The van der Waals surface area contributed by atoms with E-state index in [0.29, 0.717) is 12.1 Å². The van der Waals surface area contributed by atoms with Crippen molar-refractivity contribution in [2.45, 2.75) is 45.0 Å². The molecule has 0 amide bonds. The summed E-state index contributed by atoms with van der Waals surface area (Å²) < 4.78 is 5.92. The van der Waals surface area contributed by atoms with E-state index in [-0.39, 0.29) is 12.7 Å². The van der Waals surface area contributed by atoms with Gasteiger partial charge in [0, 0.05) is 38.3 Å². The van der Waals surface area contributed by atoms with Crippen molar-refractivity contribution in [3.63, 3.8) is 0 Å². The monoisotopic (exact) mass is 292 g/mol. The third kappa shape index (κ3) is 5.40.